The highest BCUT2D eigenvalue weighted by Crippen LogP contribution is 2.30. The van der Waals surface area contributed by atoms with Gasteiger partial charge in [-0.2, -0.15) is 5.10 Å². The van der Waals surface area contributed by atoms with Crippen LogP contribution in [0.2, 0.25) is 0 Å². The molecule has 6 nitrogen and oxygen atoms in total. The summed E-state index contributed by atoms with van der Waals surface area (Å²) in [6, 6.07) is 1.18. The van der Waals surface area contributed by atoms with E-state index in [0.29, 0.717) is 12.1 Å². The Morgan fingerprint density at radius 2 is 2.15 bits per heavy atom. The zero-order valence-electron chi connectivity index (χ0n) is 11.8. The van der Waals surface area contributed by atoms with Gasteiger partial charge in [-0.1, -0.05) is 6.42 Å². The standard InChI is InChI=1S/C14H20N6/c1-19-14-10(8-17-19)13(15-9-16-14)18-11-5-7-20-6-3-2-4-12(11)20/h8-9,11-12H,2-7H2,1H3,(H,15,16,18). The first-order valence-electron chi connectivity index (χ1n) is 7.46. The SMILES string of the molecule is Cn1ncc2c(NC3CCN4CCCCC34)ncnc21. The second-order valence-electron chi connectivity index (χ2n) is 5.87. The van der Waals surface area contributed by atoms with Crippen molar-refractivity contribution in [3.05, 3.63) is 12.5 Å². The van der Waals surface area contributed by atoms with Crippen molar-refractivity contribution in [3.63, 3.8) is 0 Å². The predicted octanol–water partition coefficient (Wildman–Crippen LogP) is 1.40. The van der Waals surface area contributed by atoms with Gasteiger partial charge in [-0.25, -0.2) is 9.97 Å². The predicted molar refractivity (Wildman–Crippen MR) is 77.5 cm³/mol. The number of hydrogen-bond acceptors (Lipinski definition) is 5. The molecule has 2 aromatic rings. The smallest absolute Gasteiger partial charge is 0.163 e. The van der Waals surface area contributed by atoms with Crippen molar-refractivity contribution in [2.45, 2.75) is 37.8 Å². The number of nitrogens with zero attached hydrogens (tertiary/aromatic N) is 5. The molecule has 2 aromatic heterocycles. The summed E-state index contributed by atoms with van der Waals surface area (Å²) in [5.41, 5.74) is 0.890. The van der Waals surface area contributed by atoms with E-state index < -0.39 is 0 Å². The number of aryl methyl sites for hydroxylation is 1. The Labute approximate surface area is 118 Å². The third-order valence-corrected chi connectivity index (χ3v) is 4.71. The van der Waals surface area contributed by atoms with Gasteiger partial charge in [-0.3, -0.25) is 9.58 Å². The van der Waals surface area contributed by atoms with Crippen molar-refractivity contribution in [3.8, 4) is 0 Å². The van der Waals surface area contributed by atoms with Gasteiger partial charge in [0.2, 0.25) is 0 Å². The Hall–Kier alpha value is -1.69. The van der Waals surface area contributed by atoms with Gasteiger partial charge in [0.15, 0.2) is 5.65 Å². The van der Waals surface area contributed by atoms with Crippen molar-refractivity contribution >= 4 is 16.9 Å². The highest BCUT2D eigenvalue weighted by molar-refractivity contribution is 5.86. The van der Waals surface area contributed by atoms with Gasteiger partial charge in [0, 0.05) is 25.7 Å². The summed E-state index contributed by atoms with van der Waals surface area (Å²) in [5.74, 6) is 0.931. The minimum atomic E-state index is 0.508. The molecule has 2 unspecified atom stereocenters. The molecule has 2 saturated heterocycles. The van der Waals surface area contributed by atoms with Gasteiger partial charge in [0.05, 0.1) is 11.6 Å². The lowest BCUT2D eigenvalue weighted by molar-refractivity contribution is 0.192. The van der Waals surface area contributed by atoms with Crippen LogP contribution in [-0.4, -0.2) is 49.8 Å². The van der Waals surface area contributed by atoms with Crippen LogP contribution in [0.4, 0.5) is 5.82 Å². The zero-order chi connectivity index (χ0) is 13.5. The fourth-order valence-corrected chi connectivity index (χ4v) is 3.67. The highest BCUT2D eigenvalue weighted by Gasteiger charge is 2.35. The van der Waals surface area contributed by atoms with Gasteiger partial charge in [0.25, 0.3) is 0 Å². The molecule has 4 rings (SSSR count). The van der Waals surface area contributed by atoms with E-state index in [0.717, 1.165) is 16.9 Å². The Balaban J connectivity index is 1.61. The average molecular weight is 272 g/mol. The lowest BCUT2D eigenvalue weighted by Crippen LogP contribution is -2.41. The lowest BCUT2D eigenvalue weighted by atomic mass is 9.99. The fraction of sp³-hybridized carbons (Fsp3) is 0.643. The quantitative estimate of drug-likeness (QED) is 0.895. The van der Waals surface area contributed by atoms with E-state index in [2.05, 4.69) is 25.3 Å². The zero-order valence-corrected chi connectivity index (χ0v) is 11.8. The van der Waals surface area contributed by atoms with Gasteiger partial charge in [-0.05, 0) is 25.8 Å². The van der Waals surface area contributed by atoms with E-state index in [4.69, 9.17) is 0 Å². The number of nitrogens with one attached hydrogen (secondary N) is 1. The van der Waals surface area contributed by atoms with Gasteiger partial charge < -0.3 is 5.32 Å². The van der Waals surface area contributed by atoms with Crippen molar-refractivity contribution < 1.29 is 0 Å². The molecule has 0 aromatic carbocycles. The van der Waals surface area contributed by atoms with Crippen LogP contribution in [0.1, 0.15) is 25.7 Å². The molecule has 106 valence electrons. The summed E-state index contributed by atoms with van der Waals surface area (Å²) >= 11 is 0. The number of fused-ring (bicyclic) bond motifs is 2. The van der Waals surface area contributed by atoms with E-state index in [1.807, 2.05) is 13.2 Å². The van der Waals surface area contributed by atoms with E-state index >= 15 is 0 Å². The first-order chi connectivity index (χ1) is 9.83. The Kier molecular flexibility index (Phi) is 2.84. The van der Waals surface area contributed by atoms with Crippen LogP contribution in [0.25, 0.3) is 11.0 Å². The molecule has 4 heterocycles. The molecular weight excluding hydrogens is 252 g/mol. The number of aromatic nitrogens is 4. The number of anilines is 1. The van der Waals surface area contributed by atoms with Crippen molar-refractivity contribution in [2.75, 3.05) is 18.4 Å². The van der Waals surface area contributed by atoms with Crippen molar-refractivity contribution in [2.24, 2.45) is 7.05 Å². The van der Waals surface area contributed by atoms with Gasteiger partial charge in [-0.15, -0.1) is 0 Å². The Bertz CT molecular complexity index is 621. The van der Waals surface area contributed by atoms with E-state index in [-0.39, 0.29) is 0 Å². The first kappa shape index (κ1) is 12.1. The summed E-state index contributed by atoms with van der Waals surface area (Å²) in [6.07, 6.45) is 8.69. The number of hydrogen-bond donors (Lipinski definition) is 1. The first-order valence-corrected chi connectivity index (χ1v) is 7.46. The highest BCUT2D eigenvalue weighted by atomic mass is 15.3. The third-order valence-electron chi connectivity index (χ3n) is 4.71. The van der Waals surface area contributed by atoms with Crippen LogP contribution in [0.5, 0.6) is 0 Å². The average Bonchev–Trinajstić information content (AvgIpc) is 3.05. The van der Waals surface area contributed by atoms with Crippen LogP contribution in [0.15, 0.2) is 12.5 Å². The molecule has 0 bridgehead atoms. The molecule has 1 N–H and O–H groups in total. The monoisotopic (exact) mass is 272 g/mol. The van der Waals surface area contributed by atoms with Crippen LogP contribution in [-0.2, 0) is 7.05 Å². The third kappa shape index (κ3) is 1.86. The van der Waals surface area contributed by atoms with Gasteiger partial charge >= 0.3 is 0 Å². The maximum atomic E-state index is 4.43. The maximum absolute atomic E-state index is 4.43. The molecule has 20 heavy (non-hydrogen) atoms. The molecule has 6 heteroatoms. The molecule has 2 aliphatic heterocycles. The minimum absolute atomic E-state index is 0.508. The van der Waals surface area contributed by atoms with Crippen molar-refractivity contribution in [1.82, 2.24) is 24.6 Å². The lowest BCUT2D eigenvalue weighted by Gasteiger charge is -2.32. The molecule has 0 amide bonds. The number of rotatable bonds is 2. The van der Waals surface area contributed by atoms with Crippen molar-refractivity contribution in [1.29, 1.82) is 0 Å². The second-order valence-corrected chi connectivity index (χ2v) is 5.87. The maximum Gasteiger partial charge on any atom is 0.163 e. The van der Waals surface area contributed by atoms with E-state index in [1.165, 1.54) is 38.8 Å². The molecule has 2 aliphatic rings. The summed E-state index contributed by atoms with van der Waals surface area (Å²) in [6.45, 7) is 2.47. The summed E-state index contributed by atoms with van der Waals surface area (Å²) in [7, 11) is 1.91. The van der Waals surface area contributed by atoms with E-state index in [1.54, 1.807) is 11.0 Å². The van der Waals surface area contributed by atoms with Crippen LogP contribution in [0.3, 0.4) is 0 Å². The summed E-state index contributed by atoms with van der Waals surface area (Å²) in [5, 5.41) is 8.94. The largest absolute Gasteiger partial charge is 0.365 e. The second kappa shape index (κ2) is 4.70. The van der Waals surface area contributed by atoms with Crippen LogP contribution >= 0.6 is 0 Å². The number of piperidine rings is 1. The fourth-order valence-electron chi connectivity index (χ4n) is 3.67. The van der Waals surface area contributed by atoms with E-state index in [9.17, 15) is 0 Å². The molecular formula is C14H20N6. The summed E-state index contributed by atoms with van der Waals surface area (Å²) < 4.78 is 1.80. The Morgan fingerprint density at radius 1 is 1.20 bits per heavy atom. The molecule has 0 radical (unpaired) electrons. The molecule has 0 saturated carbocycles. The Morgan fingerprint density at radius 3 is 3.10 bits per heavy atom. The normalized spacial score (nSPS) is 26.9. The molecule has 2 fully saturated rings. The molecule has 0 aliphatic carbocycles. The van der Waals surface area contributed by atoms with Crippen LogP contribution in [0, 0.1) is 0 Å². The van der Waals surface area contributed by atoms with Crippen LogP contribution < -0.4 is 5.32 Å². The summed E-state index contributed by atoms with van der Waals surface area (Å²) in [4.78, 5) is 11.4. The molecule has 0 spiro atoms. The van der Waals surface area contributed by atoms with Gasteiger partial charge in [0.1, 0.15) is 12.1 Å². The minimum Gasteiger partial charge on any atom is -0.365 e. The molecule has 2 atom stereocenters. The topological polar surface area (TPSA) is 58.9 Å².